The Morgan fingerprint density at radius 1 is 0.792 bits per heavy atom. The molecule has 2 aliphatic carbocycles. The predicted molar refractivity (Wildman–Crippen MR) is 323 cm³/mol. The molecule has 72 heavy (non-hydrogen) atoms. The van der Waals surface area contributed by atoms with Gasteiger partial charge in [-0.05, 0) is 121 Å². The van der Waals surface area contributed by atoms with E-state index in [2.05, 4.69) is 223 Å². The Hall–Kier alpha value is -7.04. The number of hydrogen-bond donors (Lipinski definition) is 0. The Morgan fingerprint density at radius 3 is 2.19 bits per heavy atom. The van der Waals surface area contributed by atoms with Crippen molar-refractivity contribution in [2.45, 2.75) is 126 Å². The first-order valence-electron chi connectivity index (χ1n) is 26.7. The van der Waals surface area contributed by atoms with Gasteiger partial charge in [0.05, 0.1) is 10.9 Å². The molecule has 4 aromatic rings. The van der Waals surface area contributed by atoms with E-state index < -0.39 is 5.41 Å². The highest BCUT2D eigenvalue weighted by molar-refractivity contribution is 6.08. The lowest BCUT2D eigenvalue weighted by atomic mass is 9.68. The van der Waals surface area contributed by atoms with Crippen LogP contribution in [0.15, 0.2) is 211 Å². The Balaban J connectivity index is 0.00000181. The van der Waals surface area contributed by atoms with Crippen LogP contribution in [-0.2, 0) is 11.8 Å². The van der Waals surface area contributed by atoms with E-state index in [0.717, 1.165) is 60.5 Å². The second-order valence-electron chi connectivity index (χ2n) is 16.8. The lowest BCUT2D eigenvalue weighted by molar-refractivity contribution is 0.420. The number of amidine groups is 2. The molecule has 0 spiro atoms. The van der Waals surface area contributed by atoms with Crippen molar-refractivity contribution in [1.29, 1.82) is 0 Å². The van der Waals surface area contributed by atoms with Crippen LogP contribution in [0.25, 0.3) is 39.4 Å². The van der Waals surface area contributed by atoms with Crippen LogP contribution in [0.3, 0.4) is 0 Å². The van der Waals surface area contributed by atoms with Crippen LogP contribution in [-0.4, -0.2) is 34.4 Å². The minimum absolute atomic E-state index is 0.229. The molecule has 0 saturated heterocycles. The number of nitrogens with zero attached hydrogens (tertiary/aromatic N) is 4. The maximum atomic E-state index is 5.24. The average Bonchev–Trinajstić information content (AvgIpc) is 3.92. The highest BCUT2D eigenvalue weighted by Crippen LogP contribution is 2.58. The van der Waals surface area contributed by atoms with E-state index in [1.807, 2.05) is 65.8 Å². The zero-order chi connectivity index (χ0) is 52.6. The standard InChI is InChI=1S/C62H66N4.3C2H6/c1-10-18-20-27-44-62(49(16-7)30-14-5)54-35-24-22-33-51(54)52-42-43-56-58(59(52)62)53-34-23-25-36-55(53)66(56)50(17-8)32-21-26-37-57-63-60(45(15-6)31-19-11-2)65(9)61(64-57)48-40-38-47(39-41-48)46(28-12-3)29-13-4;3*1-2/h10-12,14-16,18-22,24-33,35-36,38-43,60H,2,5,7,13,17,23,34,37,44H2,1,3-4,6,8-9H3;3*1-2H3/b18-10-,26-21-,27-20-,28-12-,31-19-,45-15+,46-29+,49-30+,50-32+;;;. The van der Waals surface area contributed by atoms with Crippen molar-refractivity contribution in [3.8, 4) is 11.1 Å². The molecule has 0 bridgehead atoms. The summed E-state index contributed by atoms with van der Waals surface area (Å²) in [6.45, 7) is 35.1. The molecule has 0 radical (unpaired) electrons. The van der Waals surface area contributed by atoms with Crippen molar-refractivity contribution < 1.29 is 0 Å². The number of fused-ring (bicyclic) bond motifs is 7. The van der Waals surface area contributed by atoms with Crippen LogP contribution in [0.1, 0.15) is 142 Å². The van der Waals surface area contributed by atoms with E-state index >= 15 is 0 Å². The van der Waals surface area contributed by atoms with Gasteiger partial charge in [0.1, 0.15) is 17.8 Å². The summed E-state index contributed by atoms with van der Waals surface area (Å²) in [6, 6.07) is 22.4. The highest BCUT2D eigenvalue weighted by atomic mass is 15.3. The normalized spacial score (nSPS) is 17.8. The molecule has 3 aliphatic rings. The molecule has 7 rings (SSSR count). The molecule has 1 aromatic heterocycles. The van der Waals surface area contributed by atoms with Gasteiger partial charge in [0, 0.05) is 35.8 Å². The quantitative estimate of drug-likeness (QED) is 0.0915. The van der Waals surface area contributed by atoms with E-state index in [-0.39, 0.29) is 6.17 Å². The lowest BCUT2D eigenvalue weighted by Gasteiger charge is -2.34. The smallest absolute Gasteiger partial charge is 0.149 e. The molecule has 1 aliphatic heterocycles. The molecule has 0 amide bonds. The van der Waals surface area contributed by atoms with E-state index in [1.165, 1.54) is 61.2 Å². The maximum Gasteiger partial charge on any atom is 0.149 e. The van der Waals surface area contributed by atoms with Gasteiger partial charge in [0.2, 0.25) is 0 Å². The third kappa shape index (κ3) is 12.2. The number of likely N-dealkylation sites (N-methyl/N-ethyl adjacent to an activating group) is 1. The Bertz CT molecular complexity index is 2860. The van der Waals surface area contributed by atoms with Gasteiger partial charge in [-0.15, -0.1) is 0 Å². The number of aromatic nitrogens is 1. The molecule has 3 aromatic carbocycles. The molecular formula is C68H84N4. The van der Waals surface area contributed by atoms with E-state index in [0.29, 0.717) is 6.42 Å². The second-order valence-corrected chi connectivity index (χ2v) is 16.8. The van der Waals surface area contributed by atoms with Gasteiger partial charge in [0.15, 0.2) is 0 Å². The fourth-order valence-electron chi connectivity index (χ4n) is 10.0. The molecule has 0 N–H and O–H groups in total. The number of aliphatic imine (C=N–C) groups is 2. The minimum Gasteiger partial charge on any atom is -0.333 e. The van der Waals surface area contributed by atoms with Gasteiger partial charge in [-0.25, -0.2) is 9.98 Å². The summed E-state index contributed by atoms with van der Waals surface area (Å²) in [5.74, 6) is 1.69. The molecule has 4 heteroatoms. The van der Waals surface area contributed by atoms with Crippen LogP contribution in [0, 0.1) is 0 Å². The summed E-state index contributed by atoms with van der Waals surface area (Å²) in [6.07, 6.45) is 45.7. The Kier molecular flexibility index (Phi) is 23.4. The number of aryl methyl sites for hydroxylation is 1. The number of rotatable bonds is 18. The molecule has 4 nitrogen and oxygen atoms in total. The third-order valence-corrected chi connectivity index (χ3v) is 13.0. The first-order chi connectivity index (χ1) is 35.3. The number of hydrogen-bond acceptors (Lipinski definition) is 3. The van der Waals surface area contributed by atoms with Crippen molar-refractivity contribution in [1.82, 2.24) is 9.47 Å². The van der Waals surface area contributed by atoms with Crippen molar-refractivity contribution >= 4 is 39.9 Å². The lowest BCUT2D eigenvalue weighted by Crippen LogP contribution is -2.41. The first-order valence-corrected chi connectivity index (χ1v) is 26.7. The number of allylic oxidation sites excluding steroid dienone is 19. The fourth-order valence-corrected chi connectivity index (χ4v) is 10.0. The molecule has 376 valence electrons. The monoisotopic (exact) mass is 957 g/mol. The van der Waals surface area contributed by atoms with Crippen molar-refractivity contribution in [3.63, 3.8) is 0 Å². The fraction of sp³-hybridized carbons (Fsp3) is 0.294. The largest absolute Gasteiger partial charge is 0.333 e. The average molecular weight is 957 g/mol. The summed E-state index contributed by atoms with van der Waals surface area (Å²) in [7, 11) is 2.08. The first kappa shape index (κ1) is 57.5. The summed E-state index contributed by atoms with van der Waals surface area (Å²) in [5.41, 5.74) is 15.7. The third-order valence-electron chi connectivity index (χ3n) is 13.0. The van der Waals surface area contributed by atoms with Crippen LogP contribution >= 0.6 is 0 Å². The molecule has 2 unspecified atom stereocenters. The summed E-state index contributed by atoms with van der Waals surface area (Å²) in [4.78, 5) is 12.6. The minimum atomic E-state index is -0.444. The van der Waals surface area contributed by atoms with Crippen LogP contribution in [0.5, 0.6) is 0 Å². The van der Waals surface area contributed by atoms with Gasteiger partial charge in [0.25, 0.3) is 0 Å². The topological polar surface area (TPSA) is 32.9 Å². The molecular weight excluding hydrogens is 873 g/mol. The summed E-state index contributed by atoms with van der Waals surface area (Å²) < 4.78 is 2.52. The zero-order valence-electron chi connectivity index (χ0n) is 46.0. The van der Waals surface area contributed by atoms with E-state index in [4.69, 9.17) is 9.98 Å². The second kappa shape index (κ2) is 29.3. The SMILES string of the molecule is C=C/C=C\C(=C/C)C1N=C(C/C=C\C=C(/CC)n2c3c(c4c5c(ccc42)-c2ccccc2C5(C/C=C\C=C/C)/C(C=C)=C/C=C)CCC=C3)N=C(c2ccc(C(/C=C\C)=C/CC)cc2)N1C.CC.CC.CC. The molecule has 0 fully saturated rings. The van der Waals surface area contributed by atoms with Crippen molar-refractivity contribution in [2.24, 2.45) is 9.98 Å². The van der Waals surface area contributed by atoms with Crippen LogP contribution < -0.4 is 0 Å². The van der Waals surface area contributed by atoms with Gasteiger partial charge in [-0.1, -0.05) is 233 Å². The van der Waals surface area contributed by atoms with Crippen LogP contribution in [0.2, 0.25) is 0 Å². The Morgan fingerprint density at radius 2 is 1.54 bits per heavy atom. The van der Waals surface area contributed by atoms with Gasteiger partial charge < -0.3 is 9.47 Å². The molecule has 2 heterocycles. The van der Waals surface area contributed by atoms with Crippen molar-refractivity contribution in [3.05, 3.63) is 234 Å². The van der Waals surface area contributed by atoms with Gasteiger partial charge in [-0.3, -0.25) is 0 Å². The Labute approximate surface area is 436 Å². The molecule has 2 atom stereocenters. The summed E-state index contributed by atoms with van der Waals surface area (Å²) >= 11 is 0. The number of benzene rings is 3. The maximum absolute atomic E-state index is 5.24. The van der Waals surface area contributed by atoms with Gasteiger partial charge >= 0.3 is 0 Å². The zero-order valence-corrected chi connectivity index (χ0v) is 46.0. The molecule has 0 saturated carbocycles. The van der Waals surface area contributed by atoms with E-state index in [9.17, 15) is 0 Å². The highest BCUT2D eigenvalue weighted by Gasteiger charge is 2.46. The predicted octanol–water partition coefficient (Wildman–Crippen LogP) is 19.1. The van der Waals surface area contributed by atoms with Crippen molar-refractivity contribution in [2.75, 3.05) is 7.05 Å². The summed E-state index contributed by atoms with van der Waals surface area (Å²) in [5, 5.41) is 1.36. The van der Waals surface area contributed by atoms with E-state index in [1.54, 1.807) is 0 Å². The van der Waals surface area contributed by atoms with Crippen LogP contribution in [0.4, 0.5) is 0 Å². The van der Waals surface area contributed by atoms with Gasteiger partial charge in [-0.2, -0.15) is 0 Å².